The SMILES string of the molecule is C=C[SiH2]C(N(C)CC)N(C)CC. The van der Waals surface area contributed by atoms with Crippen LogP contribution in [0.2, 0.25) is 0 Å². The minimum atomic E-state index is -0.165. The molecule has 0 radical (unpaired) electrons. The Labute approximate surface area is 79.1 Å². The Morgan fingerprint density at radius 1 is 1.25 bits per heavy atom. The van der Waals surface area contributed by atoms with Crippen molar-refractivity contribution < 1.29 is 0 Å². The predicted molar refractivity (Wildman–Crippen MR) is 59.1 cm³/mol. The van der Waals surface area contributed by atoms with Crippen LogP contribution in [0, 0.1) is 0 Å². The maximum atomic E-state index is 3.84. The summed E-state index contributed by atoms with van der Waals surface area (Å²) in [5.74, 6) is 0.650. The minimum Gasteiger partial charge on any atom is -0.294 e. The first kappa shape index (κ1) is 11.9. The number of rotatable bonds is 6. The van der Waals surface area contributed by atoms with Crippen molar-refractivity contribution in [1.82, 2.24) is 9.80 Å². The molecule has 0 fully saturated rings. The third-order valence-electron chi connectivity index (χ3n) is 2.39. The second-order valence-electron chi connectivity index (χ2n) is 3.15. The van der Waals surface area contributed by atoms with Gasteiger partial charge in [0.1, 0.15) is 0 Å². The first-order valence-electron chi connectivity index (χ1n) is 4.68. The Morgan fingerprint density at radius 3 is 1.92 bits per heavy atom. The summed E-state index contributed by atoms with van der Waals surface area (Å²) >= 11 is 0. The summed E-state index contributed by atoms with van der Waals surface area (Å²) in [6.45, 7) is 10.5. The second kappa shape index (κ2) is 6.40. The van der Waals surface area contributed by atoms with Crippen LogP contribution in [0.1, 0.15) is 13.8 Å². The van der Waals surface area contributed by atoms with Gasteiger partial charge in [-0.1, -0.05) is 13.8 Å². The van der Waals surface area contributed by atoms with Crippen molar-refractivity contribution in [2.24, 2.45) is 0 Å². The average molecular weight is 186 g/mol. The van der Waals surface area contributed by atoms with Crippen molar-refractivity contribution in [3.8, 4) is 0 Å². The van der Waals surface area contributed by atoms with Crippen LogP contribution in [-0.2, 0) is 0 Å². The molecule has 0 aromatic carbocycles. The molecule has 0 spiro atoms. The Hall–Kier alpha value is -0.123. The molecule has 72 valence electrons. The third kappa shape index (κ3) is 3.52. The molecule has 0 aromatic rings. The van der Waals surface area contributed by atoms with Crippen molar-refractivity contribution >= 4 is 9.52 Å². The van der Waals surface area contributed by atoms with Gasteiger partial charge in [0.25, 0.3) is 0 Å². The molecule has 0 aliphatic carbocycles. The Morgan fingerprint density at radius 2 is 1.67 bits per heavy atom. The Bertz CT molecular complexity index is 118. The van der Waals surface area contributed by atoms with Gasteiger partial charge >= 0.3 is 0 Å². The topological polar surface area (TPSA) is 6.48 Å². The van der Waals surface area contributed by atoms with E-state index in [9.17, 15) is 0 Å². The summed E-state index contributed by atoms with van der Waals surface area (Å²) in [6.07, 6.45) is 0. The first-order valence-corrected chi connectivity index (χ1v) is 6.32. The van der Waals surface area contributed by atoms with Crippen molar-refractivity contribution in [3.63, 3.8) is 0 Å². The molecule has 0 aliphatic heterocycles. The van der Waals surface area contributed by atoms with Crippen LogP contribution < -0.4 is 0 Å². The Kier molecular flexibility index (Phi) is 6.33. The van der Waals surface area contributed by atoms with E-state index >= 15 is 0 Å². The van der Waals surface area contributed by atoms with Gasteiger partial charge in [0.2, 0.25) is 0 Å². The molecule has 3 heteroatoms. The predicted octanol–water partition coefficient (Wildman–Crippen LogP) is 0.486. The van der Waals surface area contributed by atoms with E-state index in [0.29, 0.717) is 5.79 Å². The monoisotopic (exact) mass is 186 g/mol. The minimum absolute atomic E-state index is 0.165. The molecule has 0 amide bonds. The highest BCUT2D eigenvalue weighted by atomic mass is 28.2. The largest absolute Gasteiger partial charge is 0.294 e. The molecule has 0 atom stereocenters. The zero-order valence-corrected chi connectivity index (χ0v) is 10.3. The summed E-state index contributed by atoms with van der Waals surface area (Å²) < 4.78 is 0. The highest BCUT2D eigenvalue weighted by Gasteiger charge is 2.15. The molecule has 0 unspecified atom stereocenters. The standard InChI is InChI=1S/C9H22N2Si/c1-6-10(4)9(12-8-3)11(5)7-2/h8-9H,3,6-7,12H2,1-2,4-5H3. The van der Waals surface area contributed by atoms with Gasteiger partial charge in [-0.3, -0.25) is 9.80 Å². The van der Waals surface area contributed by atoms with E-state index in [1.165, 1.54) is 0 Å². The fraction of sp³-hybridized carbons (Fsp3) is 0.778. The second-order valence-corrected chi connectivity index (χ2v) is 4.93. The molecule has 0 aromatic heterocycles. The quantitative estimate of drug-likeness (QED) is 0.440. The molecule has 0 rings (SSSR count). The molecule has 0 heterocycles. The van der Waals surface area contributed by atoms with Crippen molar-refractivity contribution in [3.05, 3.63) is 12.3 Å². The molecular weight excluding hydrogens is 164 g/mol. The fourth-order valence-electron chi connectivity index (χ4n) is 1.27. The highest BCUT2D eigenvalue weighted by molar-refractivity contribution is 6.43. The maximum absolute atomic E-state index is 3.84. The lowest BCUT2D eigenvalue weighted by Crippen LogP contribution is -2.48. The summed E-state index contributed by atoms with van der Waals surface area (Å²) in [6, 6.07) is 0. The van der Waals surface area contributed by atoms with E-state index in [4.69, 9.17) is 0 Å². The molecule has 12 heavy (non-hydrogen) atoms. The van der Waals surface area contributed by atoms with Gasteiger partial charge in [-0.2, -0.15) is 0 Å². The molecular formula is C9H22N2Si. The average Bonchev–Trinajstić information content (AvgIpc) is 2.11. The van der Waals surface area contributed by atoms with Crippen molar-refractivity contribution in [1.29, 1.82) is 0 Å². The fourth-order valence-corrected chi connectivity index (χ4v) is 2.80. The summed E-state index contributed by atoms with van der Waals surface area (Å²) in [4.78, 5) is 4.80. The first-order chi connectivity index (χ1) is 5.67. The van der Waals surface area contributed by atoms with Gasteiger partial charge in [-0.15, -0.1) is 12.3 Å². The van der Waals surface area contributed by atoms with Gasteiger partial charge in [0.05, 0.1) is 9.52 Å². The smallest absolute Gasteiger partial charge is 0.0823 e. The molecule has 0 saturated carbocycles. The van der Waals surface area contributed by atoms with Crippen LogP contribution in [0.25, 0.3) is 0 Å². The molecule has 0 aliphatic rings. The van der Waals surface area contributed by atoms with E-state index in [1.54, 1.807) is 0 Å². The summed E-state index contributed by atoms with van der Waals surface area (Å²) in [5.41, 5.74) is 2.13. The lowest BCUT2D eigenvalue weighted by Gasteiger charge is -2.33. The molecule has 0 saturated heterocycles. The van der Waals surface area contributed by atoms with Crippen LogP contribution in [0.15, 0.2) is 12.3 Å². The zero-order valence-electron chi connectivity index (χ0n) is 8.88. The maximum Gasteiger partial charge on any atom is 0.0823 e. The van der Waals surface area contributed by atoms with Crippen LogP contribution in [0.4, 0.5) is 0 Å². The lowest BCUT2D eigenvalue weighted by molar-refractivity contribution is 0.157. The van der Waals surface area contributed by atoms with Crippen LogP contribution >= 0.6 is 0 Å². The van der Waals surface area contributed by atoms with Gasteiger partial charge in [0, 0.05) is 5.79 Å². The van der Waals surface area contributed by atoms with Crippen molar-refractivity contribution in [2.75, 3.05) is 27.2 Å². The van der Waals surface area contributed by atoms with E-state index in [-0.39, 0.29) is 9.52 Å². The third-order valence-corrected chi connectivity index (χ3v) is 4.39. The van der Waals surface area contributed by atoms with E-state index in [0.717, 1.165) is 13.1 Å². The zero-order chi connectivity index (χ0) is 9.56. The number of hydrogen-bond acceptors (Lipinski definition) is 2. The van der Waals surface area contributed by atoms with Crippen LogP contribution in [-0.4, -0.2) is 52.3 Å². The van der Waals surface area contributed by atoms with Crippen LogP contribution in [0.5, 0.6) is 0 Å². The van der Waals surface area contributed by atoms with E-state index in [1.807, 2.05) is 0 Å². The lowest BCUT2D eigenvalue weighted by atomic mass is 10.6. The van der Waals surface area contributed by atoms with Crippen molar-refractivity contribution in [2.45, 2.75) is 19.6 Å². The highest BCUT2D eigenvalue weighted by Crippen LogP contribution is 1.99. The molecule has 2 nitrogen and oxygen atoms in total. The number of hydrogen-bond donors (Lipinski definition) is 0. The normalized spacial score (nSPS) is 12.6. The number of nitrogens with zero attached hydrogens (tertiary/aromatic N) is 2. The molecule has 0 N–H and O–H groups in total. The van der Waals surface area contributed by atoms with Crippen LogP contribution in [0.3, 0.4) is 0 Å². The Balaban J connectivity index is 4.09. The van der Waals surface area contributed by atoms with Gasteiger partial charge in [-0.05, 0) is 27.2 Å². The summed E-state index contributed by atoms with van der Waals surface area (Å²) in [5, 5.41) is 0. The van der Waals surface area contributed by atoms with Gasteiger partial charge in [0.15, 0.2) is 0 Å². The van der Waals surface area contributed by atoms with Gasteiger partial charge < -0.3 is 0 Å². The summed E-state index contributed by atoms with van der Waals surface area (Å²) in [7, 11) is 4.21. The molecule has 0 bridgehead atoms. The van der Waals surface area contributed by atoms with E-state index in [2.05, 4.69) is 50.0 Å². The van der Waals surface area contributed by atoms with E-state index < -0.39 is 0 Å². The van der Waals surface area contributed by atoms with Gasteiger partial charge in [-0.25, -0.2) is 0 Å².